The summed E-state index contributed by atoms with van der Waals surface area (Å²) in [5, 5.41) is 2.86. The Morgan fingerprint density at radius 2 is 1.76 bits per heavy atom. The number of imide groups is 1. The van der Waals surface area contributed by atoms with E-state index in [-0.39, 0.29) is 23.2 Å². The molecule has 0 saturated carbocycles. The fraction of sp³-hybridized carbons (Fsp3) is 0.269. The number of furan rings is 1. The van der Waals surface area contributed by atoms with Gasteiger partial charge >= 0.3 is 0 Å². The maximum atomic E-state index is 13.0. The SMILES string of the molecule is CCN(CC)CCOc1ccccc1NC(=O)c1ccc2c(c1)C(=O)N(Cc1ccco1)C2=O. The standard InChI is InChI=1S/C26H27N3O5/c1-3-28(4-2)13-15-34-23-10-6-5-9-22(23)27-24(30)18-11-12-20-21(16-18)26(32)29(25(20)31)17-19-8-7-14-33-19/h5-12,14,16H,3-4,13,15,17H2,1-2H3,(H,27,30). The van der Waals surface area contributed by atoms with E-state index in [9.17, 15) is 14.4 Å². The minimum absolute atomic E-state index is 0.0408. The zero-order chi connectivity index (χ0) is 24.1. The van der Waals surface area contributed by atoms with Gasteiger partial charge in [-0.1, -0.05) is 26.0 Å². The van der Waals surface area contributed by atoms with Crippen LogP contribution in [0.5, 0.6) is 5.75 Å². The Bertz CT molecular complexity index is 1180. The average Bonchev–Trinajstić information content (AvgIpc) is 3.45. The number of anilines is 1. The molecule has 0 radical (unpaired) electrons. The third-order valence-electron chi connectivity index (χ3n) is 5.82. The van der Waals surface area contributed by atoms with Crippen LogP contribution in [-0.2, 0) is 6.54 Å². The van der Waals surface area contributed by atoms with E-state index in [2.05, 4.69) is 24.1 Å². The third-order valence-corrected chi connectivity index (χ3v) is 5.82. The van der Waals surface area contributed by atoms with Crippen molar-refractivity contribution in [3.8, 4) is 5.75 Å². The van der Waals surface area contributed by atoms with Gasteiger partial charge < -0.3 is 19.4 Å². The molecule has 4 rings (SSSR count). The number of fused-ring (bicyclic) bond motifs is 1. The Morgan fingerprint density at radius 1 is 1.00 bits per heavy atom. The van der Waals surface area contributed by atoms with Crippen molar-refractivity contribution in [2.75, 3.05) is 31.6 Å². The minimum Gasteiger partial charge on any atom is -0.490 e. The molecule has 1 N–H and O–H groups in total. The maximum Gasteiger partial charge on any atom is 0.261 e. The molecule has 0 unspecified atom stereocenters. The minimum atomic E-state index is -0.453. The molecule has 2 aromatic carbocycles. The number of nitrogens with zero attached hydrogens (tertiary/aromatic N) is 2. The molecule has 3 aromatic rings. The van der Waals surface area contributed by atoms with Crippen molar-refractivity contribution in [3.05, 3.63) is 83.3 Å². The largest absolute Gasteiger partial charge is 0.490 e. The first-order valence-corrected chi connectivity index (χ1v) is 11.3. The Balaban J connectivity index is 1.46. The van der Waals surface area contributed by atoms with Gasteiger partial charge in [0.1, 0.15) is 18.1 Å². The molecule has 34 heavy (non-hydrogen) atoms. The van der Waals surface area contributed by atoms with Gasteiger partial charge in [0.2, 0.25) is 0 Å². The number of hydrogen-bond donors (Lipinski definition) is 1. The van der Waals surface area contributed by atoms with Gasteiger partial charge in [0.05, 0.1) is 29.6 Å². The maximum absolute atomic E-state index is 13.0. The zero-order valence-electron chi connectivity index (χ0n) is 19.2. The number of amides is 3. The Labute approximate surface area is 198 Å². The van der Waals surface area contributed by atoms with E-state index in [1.165, 1.54) is 18.4 Å². The van der Waals surface area contributed by atoms with E-state index in [1.807, 2.05) is 12.1 Å². The summed E-state index contributed by atoms with van der Waals surface area (Å²) in [7, 11) is 0. The van der Waals surface area contributed by atoms with Gasteiger partial charge in [-0.05, 0) is 55.6 Å². The lowest BCUT2D eigenvalue weighted by atomic mass is 10.1. The Kier molecular flexibility index (Phi) is 7.08. The lowest BCUT2D eigenvalue weighted by Gasteiger charge is -2.19. The first kappa shape index (κ1) is 23.3. The third kappa shape index (κ3) is 4.87. The highest BCUT2D eigenvalue weighted by atomic mass is 16.5. The molecule has 0 atom stereocenters. The van der Waals surface area contributed by atoms with Gasteiger partial charge in [-0.3, -0.25) is 19.3 Å². The molecule has 1 aromatic heterocycles. The zero-order valence-corrected chi connectivity index (χ0v) is 19.2. The number of carbonyl (C=O) groups excluding carboxylic acids is 3. The highest BCUT2D eigenvalue weighted by Gasteiger charge is 2.36. The summed E-state index contributed by atoms with van der Waals surface area (Å²) in [6.45, 7) is 7.40. The summed E-state index contributed by atoms with van der Waals surface area (Å²) in [5.41, 5.74) is 1.29. The summed E-state index contributed by atoms with van der Waals surface area (Å²) in [4.78, 5) is 41.9. The highest BCUT2D eigenvalue weighted by molar-refractivity contribution is 6.22. The number of likely N-dealkylation sites (N-methyl/N-ethyl adjacent to an activating group) is 1. The summed E-state index contributed by atoms with van der Waals surface area (Å²) in [5.74, 6) is -0.182. The van der Waals surface area contributed by atoms with Gasteiger partial charge in [-0.25, -0.2) is 0 Å². The van der Waals surface area contributed by atoms with Gasteiger partial charge in [-0.2, -0.15) is 0 Å². The predicted molar refractivity (Wildman–Crippen MR) is 127 cm³/mol. The number of ether oxygens (including phenoxy) is 1. The second-order valence-corrected chi connectivity index (χ2v) is 7.86. The molecule has 1 aliphatic heterocycles. The van der Waals surface area contributed by atoms with E-state index in [0.717, 1.165) is 24.5 Å². The van der Waals surface area contributed by atoms with Crippen molar-refractivity contribution >= 4 is 23.4 Å². The summed E-state index contributed by atoms with van der Waals surface area (Å²) in [6.07, 6.45) is 1.49. The van der Waals surface area contributed by atoms with Crippen molar-refractivity contribution in [3.63, 3.8) is 0 Å². The summed E-state index contributed by atoms with van der Waals surface area (Å²) < 4.78 is 11.2. The van der Waals surface area contributed by atoms with Gasteiger partial charge in [0, 0.05) is 12.1 Å². The fourth-order valence-corrected chi connectivity index (χ4v) is 3.85. The number of rotatable bonds is 10. The van der Waals surface area contributed by atoms with Gasteiger partial charge in [-0.15, -0.1) is 0 Å². The first-order valence-electron chi connectivity index (χ1n) is 11.3. The first-order chi connectivity index (χ1) is 16.5. The Morgan fingerprint density at radius 3 is 2.50 bits per heavy atom. The molecule has 0 bridgehead atoms. The number of carbonyl (C=O) groups is 3. The van der Waals surface area contributed by atoms with E-state index in [4.69, 9.17) is 9.15 Å². The van der Waals surface area contributed by atoms with Gasteiger partial charge in [0.15, 0.2) is 0 Å². The molecule has 3 amide bonds. The van der Waals surface area contributed by atoms with Crippen LogP contribution in [0.4, 0.5) is 5.69 Å². The normalized spacial score (nSPS) is 12.9. The van der Waals surface area contributed by atoms with Crippen molar-refractivity contribution in [2.24, 2.45) is 0 Å². The monoisotopic (exact) mass is 461 g/mol. The molecule has 8 nitrogen and oxygen atoms in total. The molecular weight excluding hydrogens is 434 g/mol. The van der Waals surface area contributed by atoms with E-state index >= 15 is 0 Å². The molecule has 0 aliphatic carbocycles. The van der Waals surface area contributed by atoms with Crippen LogP contribution in [0.3, 0.4) is 0 Å². The van der Waals surface area contributed by atoms with Crippen LogP contribution >= 0.6 is 0 Å². The van der Waals surface area contributed by atoms with Crippen molar-refractivity contribution in [2.45, 2.75) is 20.4 Å². The summed E-state index contributed by atoms with van der Waals surface area (Å²) >= 11 is 0. The lowest BCUT2D eigenvalue weighted by Crippen LogP contribution is -2.28. The molecular formula is C26H27N3O5. The highest BCUT2D eigenvalue weighted by Crippen LogP contribution is 2.28. The topological polar surface area (TPSA) is 92.1 Å². The fourth-order valence-electron chi connectivity index (χ4n) is 3.85. The van der Waals surface area contributed by atoms with Crippen molar-refractivity contribution in [1.29, 1.82) is 0 Å². The van der Waals surface area contributed by atoms with Crippen LogP contribution < -0.4 is 10.1 Å². The second kappa shape index (κ2) is 10.4. The van der Waals surface area contributed by atoms with Crippen LogP contribution in [0.25, 0.3) is 0 Å². The van der Waals surface area contributed by atoms with Gasteiger partial charge in [0.25, 0.3) is 17.7 Å². The van der Waals surface area contributed by atoms with E-state index in [0.29, 0.717) is 23.8 Å². The average molecular weight is 462 g/mol. The number of nitrogens with one attached hydrogen (secondary N) is 1. The van der Waals surface area contributed by atoms with Crippen LogP contribution in [0.15, 0.2) is 65.3 Å². The number of hydrogen-bond acceptors (Lipinski definition) is 6. The molecule has 0 fully saturated rings. The molecule has 176 valence electrons. The summed E-state index contributed by atoms with van der Waals surface area (Å²) in [6, 6.07) is 15.1. The van der Waals surface area contributed by atoms with Crippen LogP contribution in [0.2, 0.25) is 0 Å². The second-order valence-electron chi connectivity index (χ2n) is 7.86. The number of para-hydroxylation sites is 2. The van der Waals surface area contributed by atoms with E-state index < -0.39 is 17.7 Å². The quantitative estimate of drug-likeness (QED) is 0.458. The molecule has 8 heteroatoms. The predicted octanol–water partition coefficient (Wildman–Crippen LogP) is 4.05. The molecule has 0 saturated heterocycles. The van der Waals surface area contributed by atoms with Crippen molar-refractivity contribution in [1.82, 2.24) is 9.80 Å². The lowest BCUT2D eigenvalue weighted by molar-refractivity contribution is 0.0631. The molecule has 0 spiro atoms. The van der Waals surface area contributed by atoms with E-state index in [1.54, 1.807) is 30.3 Å². The molecule has 1 aliphatic rings. The van der Waals surface area contributed by atoms with Crippen LogP contribution in [0.1, 0.15) is 50.7 Å². The molecule has 2 heterocycles. The van der Waals surface area contributed by atoms with Crippen LogP contribution in [-0.4, -0.2) is 53.8 Å². The number of benzene rings is 2. The Hall–Kier alpha value is -3.91. The smallest absolute Gasteiger partial charge is 0.261 e. The van der Waals surface area contributed by atoms with Crippen LogP contribution in [0, 0.1) is 0 Å². The van der Waals surface area contributed by atoms with Crippen molar-refractivity contribution < 1.29 is 23.5 Å².